The lowest BCUT2D eigenvalue weighted by Gasteiger charge is -2.30. The molecule has 2 N–H and O–H groups in total. The number of carbonyl (C=O) groups is 1. The van der Waals surface area contributed by atoms with Gasteiger partial charge in [0.05, 0.1) is 4.90 Å². The van der Waals surface area contributed by atoms with Gasteiger partial charge in [0.15, 0.2) is 0 Å². The van der Waals surface area contributed by atoms with Gasteiger partial charge in [0.25, 0.3) is 0 Å². The number of hydrogen-bond acceptors (Lipinski definition) is 5. The Morgan fingerprint density at radius 3 is 2.67 bits per heavy atom. The standard InChI is InChI=1S/C13H17NO5S2/c1-8-5-11(15)10(13(16)17)6-12(8)21(18,19)14-3-4-20-9(2)7-14/h5-6,9,15H,3-4,7H2,1-2H3,(H,16,17). The molecule has 0 aliphatic carbocycles. The SMILES string of the molecule is Cc1cc(O)c(C(=O)O)cc1S(=O)(=O)N1CCSC(C)C1. The normalized spacial score (nSPS) is 20.4. The average molecular weight is 331 g/mol. The van der Waals surface area contributed by atoms with E-state index in [0.717, 1.165) is 6.07 Å². The lowest BCUT2D eigenvalue weighted by Crippen LogP contribution is -2.41. The summed E-state index contributed by atoms with van der Waals surface area (Å²) in [5.74, 6) is -1.07. The number of carboxylic acid groups (broad SMARTS) is 1. The van der Waals surface area contributed by atoms with E-state index in [1.54, 1.807) is 18.7 Å². The number of phenols is 1. The molecule has 1 unspecified atom stereocenters. The Kier molecular flexibility index (Phi) is 4.50. The molecule has 1 atom stereocenters. The van der Waals surface area contributed by atoms with Gasteiger partial charge in [-0.05, 0) is 24.6 Å². The molecule has 1 aliphatic heterocycles. The van der Waals surface area contributed by atoms with E-state index >= 15 is 0 Å². The summed E-state index contributed by atoms with van der Waals surface area (Å²) in [5, 5.41) is 18.8. The quantitative estimate of drug-likeness (QED) is 0.872. The second-order valence-corrected chi connectivity index (χ2v) is 8.44. The molecule has 116 valence electrons. The van der Waals surface area contributed by atoms with E-state index in [-0.39, 0.29) is 10.1 Å². The Morgan fingerprint density at radius 2 is 2.10 bits per heavy atom. The van der Waals surface area contributed by atoms with Crippen molar-refractivity contribution in [1.82, 2.24) is 4.31 Å². The highest BCUT2D eigenvalue weighted by Gasteiger charge is 2.31. The van der Waals surface area contributed by atoms with E-state index in [9.17, 15) is 18.3 Å². The molecule has 0 radical (unpaired) electrons. The zero-order valence-corrected chi connectivity index (χ0v) is 13.4. The van der Waals surface area contributed by atoms with Gasteiger partial charge in [-0.1, -0.05) is 6.92 Å². The smallest absolute Gasteiger partial charge is 0.339 e. The average Bonchev–Trinajstić information content (AvgIpc) is 2.37. The minimum absolute atomic E-state index is 0.0585. The van der Waals surface area contributed by atoms with Crippen LogP contribution in [0.3, 0.4) is 0 Å². The molecule has 2 rings (SSSR count). The molecular weight excluding hydrogens is 314 g/mol. The molecule has 0 saturated carbocycles. The number of aromatic hydroxyl groups is 1. The highest BCUT2D eigenvalue weighted by atomic mass is 32.2. The van der Waals surface area contributed by atoms with Crippen LogP contribution in [0, 0.1) is 6.92 Å². The molecule has 1 heterocycles. The molecule has 1 aromatic rings. The van der Waals surface area contributed by atoms with Crippen molar-refractivity contribution in [3.8, 4) is 5.75 Å². The number of benzene rings is 1. The number of aromatic carboxylic acids is 1. The summed E-state index contributed by atoms with van der Waals surface area (Å²) >= 11 is 1.71. The topological polar surface area (TPSA) is 94.9 Å². The zero-order chi connectivity index (χ0) is 15.8. The number of aryl methyl sites for hydroxylation is 1. The van der Waals surface area contributed by atoms with Crippen molar-refractivity contribution in [3.05, 3.63) is 23.3 Å². The minimum atomic E-state index is -3.75. The van der Waals surface area contributed by atoms with Gasteiger partial charge in [0, 0.05) is 24.1 Å². The Labute approximate surface area is 127 Å². The monoisotopic (exact) mass is 331 g/mol. The zero-order valence-electron chi connectivity index (χ0n) is 11.7. The molecule has 1 aliphatic rings. The van der Waals surface area contributed by atoms with Crippen LogP contribution in [-0.2, 0) is 10.0 Å². The Hall–Kier alpha value is -1.25. The van der Waals surface area contributed by atoms with Crippen molar-refractivity contribution in [2.24, 2.45) is 0 Å². The van der Waals surface area contributed by atoms with Crippen molar-refractivity contribution in [1.29, 1.82) is 0 Å². The highest BCUT2D eigenvalue weighted by molar-refractivity contribution is 8.00. The van der Waals surface area contributed by atoms with Crippen molar-refractivity contribution < 1.29 is 23.4 Å². The molecule has 1 saturated heterocycles. The first kappa shape index (κ1) is 16.1. The fourth-order valence-electron chi connectivity index (χ4n) is 2.27. The number of nitrogens with zero attached hydrogens (tertiary/aromatic N) is 1. The number of thioether (sulfide) groups is 1. The summed E-state index contributed by atoms with van der Waals surface area (Å²) in [5.41, 5.74) is -0.0676. The van der Waals surface area contributed by atoms with Crippen molar-refractivity contribution in [3.63, 3.8) is 0 Å². The first-order valence-corrected chi connectivity index (χ1v) is 8.91. The Balaban J connectivity index is 2.49. The van der Waals surface area contributed by atoms with E-state index in [1.165, 1.54) is 10.4 Å². The van der Waals surface area contributed by atoms with E-state index in [0.29, 0.717) is 24.4 Å². The fraction of sp³-hybridized carbons (Fsp3) is 0.462. The number of sulfonamides is 1. The second kappa shape index (κ2) is 5.86. The van der Waals surface area contributed by atoms with Gasteiger partial charge in [-0.15, -0.1) is 0 Å². The molecule has 0 spiro atoms. The third-order valence-electron chi connectivity index (χ3n) is 3.35. The fourth-order valence-corrected chi connectivity index (χ4v) is 5.25. The minimum Gasteiger partial charge on any atom is -0.507 e. The summed E-state index contributed by atoms with van der Waals surface area (Å²) in [6.07, 6.45) is 0. The van der Waals surface area contributed by atoms with Crippen LogP contribution in [0.2, 0.25) is 0 Å². The summed E-state index contributed by atoms with van der Waals surface area (Å²) in [6, 6.07) is 2.22. The van der Waals surface area contributed by atoms with Gasteiger partial charge >= 0.3 is 5.97 Å². The predicted molar refractivity (Wildman–Crippen MR) is 80.5 cm³/mol. The first-order valence-electron chi connectivity index (χ1n) is 6.42. The predicted octanol–water partition coefficient (Wildman–Crippen LogP) is 1.52. The highest BCUT2D eigenvalue weighted by Crippen LogP contribution is 2.30. The van der Waals surface area contributed by atoms with E-state index in [2.05, 4.69) is 0 Å². The molecule has 21 heavy (non-hydrogen) atoms. The Morgan fingerprint density at radius 1 is 1.43 bits per heavy atom. The van der Waals surface area contributed by atoms with Gasteiger partial charge < -0.3 is 10.2 Å². The third kappa shape index (κ3) is 3.17. The van der Waals surface area contributed by atoms with Crippen LogP contribution in [0.4, 0.5) is 0 Å². The lowest BCUT2D eigenvalue weighted by molar-refractivity contribution is 0.0693. The molecule has 0 amide bonds. The maximum atomic E-state index is 12.7. The largest absolute Gasteiger partial charge is 0.507 e. The Bertz CT molecular complexity index is 671. The van der Waals surface area contributed by atoms with Crippen LogP contribution >= 0.6 is 11.8 Å². The number of rotatable bonds is 3. The lowest BCUT2D eigenvalue weighted by atomic mass is 10.1. The van der Waals surface area contributed by atoms with Crippen molar-refractivity contribution in [2.45, 2.75) is 24.0 Å². The van der Waals surface area contributed by atoms with Gasteiger partial charge in [0.1, 0.15) is 11.3 Å². The van der Waals surface area contributed by atoms with Crippen LogP contribution < -0.4 is 0 Å². The second-order valence-electron chi connectivity index (χ2n) is 4.98. The van der Waals surface area contributed by atoms with Crippen molar-refractivity contribution in [2.75, 3.05) is 18.8 Å². The summed E-state index contributed by atoms with van der Waals surface area (Å²) in [6.45, 7) is 4.30. The van der Waals surface area contributed by atoms with Crippen LogP contribution in [0.1, 0.15) is 22.8 Å². The molecule has 6 nitrogen and oxygen atoms in total. The number of hydrogen-bond donors (Lipinski definition) is 2. The van der Waals surface area contributed by atoms with Gasteiger partial charge in [-0.3, -0.25) is 0 Å². The molecule has 1 fully saturated rings. The maximum absolute atomic E-state index is 12.7. The van der Waals surface area contributed by atoms with Gasteiger partial charge in [-0.2, -0.15) is 16.1 Å². The summed E-state index contributed by atoms with van der Waals surface area (Å²) in [7, 11) is -3.75. The van der Waals surface area contributed by atoms with E-state index < -0.39 is 27.3 Å². The van der Waals surface area contributed by atoms with Crippen LogP contribution in [0.25, 0.3) is 0 Å². The van der Waals surface area contributed by atoms with E-state index in [1.807, 2.05) is 6.92 Å². The molecule has 1 aromatic carbocycles. The molecule has 8 heteroatoms. The van der Waals surface area contributed by atoms with Gasteiger partial charge in [-0.25, -0.2) is 13.2 Å². The third-order valence-corrected chi connectivity index (χ3v) is 6.49. The van der Waals surface area contributed by atoms with Crippen LogP contribution in [-0.4, -0.2) is 53.0 Å². The summed E-state index contributed by atoms with van der Waals surface area (Å²) in [4.78, 5) is 11.0. The van der Waals surface area contributed by atoms with E-state index in [4.69, 9.17) is 5.11 Å². The molecule has 0 aromatic heterocycles. The maximum Gasteiger partial charge on any atom is 0.339 e. The summed E-state index contributed by atoms with van der Waals surface area (Å²) < 4.78 is 26.7. The molecule has 0 bridgehead atoms. The molecular formula is C13H17NO5S2. The van der Waals surface area contributed by atoms with Gasteiger partial charge in [0.2, 0.25) is 10.0 Å². The van der Waals surface area contributed by atoms with Crippen molar-refractivity contribution >= 4 is 27.8 Å². The first-order chi connectivity index (χ1) is 9.73. The van der Waals surface area contributed by atoms with Crippen LogP contribution in [0.15, 0.2) is 17.0 Å². The number of carboxylic acids is 1. The van der Waals surface area contributed by atoms with Crippen LogP contribution in [0.5, 0.6) is 5.75 Å².